The van der Waals surface area contributed by atoms with Crippen molar-refractivity contribution in [3.63, 3.8) is 0 Å². The Morgan fingerprint density at radius 1 is 1.40 bits per heavy atom. The van der Waals surface area contributed by atoms with Crippen LogP contribution in [0.1, 0.15) is 12.5 Å². The summed E-state index contributed by atoms with van der Waals surface area (Å²) in [4.78, 5) is 9.00. The second kappa shape index (κ2) is 6.48. The number of aliphatic carboxylic acids is 1. The van der Waals surface area contributed by atoms with Gasteiger partial charge in [-0.1, -0.05) is 12.1 Å². The van der Waals surface area contributed by atoms with E-state index in [9.17, 15) is 0 Å². The van der Waals surface area contributed by atoms with Crippen LogP contribution in [-0.2, 0) is 11.2 Å². The molecule has 0 radical (unpaired) electrons. The van der Waals surface area contributed by atoms with Crippen molar-refractivity contribution in [3.05, 3.63) is 36.4 Å². The summed E-state index contributed by atoms with van der Waals surface area (Å²) in [6.07, 6.45) is 2.44. The highest BCUT2D eigenvalue weighted by molar-refractivity contribution is 5.62. The predicted octanol–water partition coefficient (Wildman–Crippen LogP) is 1.92. The number of rotatable bonds is 2. The van der Waals surface area contributed by atoms with Crippen LogP contribution in [0.15, 0.2) is 30.9 Å². The monoisotopic (exact) mass is 210 g/mol. The molecule has 15 heavy (non-hydrogen) atoms. The molecule has 1 rings (SSSR count). The van der Waals surface area contributed by atoms with Gasteiger partial charge >= 0.3 is 0 Å². The molecular formula is C11H14O4. The van der Waals surface area contributed by atoms with E-state index in [1.165, 1.54) is 12.1 Å². The van der Waals surface area contributed by atoms with Gasteiger partial charge in [-0.3, -0.25) is 4.79 Å². The van der Waals surface area contributed by atoms with Crippen molar-refractivity contribution in [1.29, 1.82) is 0 Å². The molecule has 0 aliphatic rings. The van der Waals surface area contributed by atoms with Crippen LogP contribution in [0.5, 0.6) is 11.5 Å². The van der Waals surface area contributed by atoms with E-state index in [-0.39, 0.29) is 11.5 Å². The van der Waals surface area contributed by atoms with E-state index in [0.29, 0.717) is 6.42 Å². The quantitative estimate of drug-likeness (QED) is 0.514. The number of benzene rings is 1. The molecule has 4 nitrogen and oxygen atoms in total. The molecule has 0 bridgehead atoms. The van der Waals surface area contributed by atoms with Crippen LogP contribution in [0.4, 0.5) is 0 Å². The summed E-state index contributed by atoms with van der Waals surface area (Å²) in [6, 6.07) is 4.74. The first kappa shape index (κ1) is 13.0. The molecule has 82 valence electrons. The Hall–Kier alpha value is -1.97. The van der Waals surface area contributed by atoms with Crippen LogP contribution in [0.25, 0.3) is 0 Å². The largest absolute Gasteiger partial charge is 0.504 e. The van der Waals surface area contributed by atoms with E-state index in [0.717, 1.165) is 12.5 Å². The molecular weight excluding hydrogens is 196 g/mol. The Balaban J connectivity index is 0.000000423. The lowest BCUT2D eigenvalue weighted by Crippen LogP contribution is -1.79. The van der Waals surface area contributed by atoms with Gasteiger partial charge in [0.05, 0.1) is 0 Å². The number of allylic oxidation sites excluding steroid dienone is 1. The molecule has 0 atom stereocenters. The Labute approximate surface area is 88.1 Å². The molecule has 3 N–H and O–H groups in total. The minimum absolute atomic E-state index is 0.0793. The topological polar surface area (TPSA) is 77.8 Å². The molecule has 4 heteroatoms. The van der Waals surface area contributed by atoms with Gasteiger partial charge in [0.15, 0.2) is 11.5 Å². The number of aromatic hydroxyl groups is 2. The van der Waals surface area contributed by atoms with Gasteiger partial charge in [-0.05, 0) is 24.1 Å². The van der Waals surface area contributed by atoms with E-state index >= 15 is 0 Å². The van der Waals surface area contributed by atoms with Crippen LogP contribution >= 0.6 is 0 Å². The number of hydrogen-bond acceptors (Lipinski definition) is 3. The summed E-state index contributed by atoms with van der Waals surface area (Å²) >= 11 is 0. The number of carboxylic acid groups (broad SMARTS) is 1. The highest BCUT2D eigenvalue weighted by Gasteiger charge is 1.97. The van der Waals surface area contributed by atoms with Crippen LogP contribution in [0, 0.1) is 0 Å². The smallest absolute Gasteiger partial charge is 0.300 e. The zero-order valence-corrected chi connectivity index (χ0v) is 8.47. The molecule has 0 spiro atoms. The normalized spacial score (nSPS) is 8.60. The van der Waals surface area contributed by atoms with Crippen LogP contribution < -0.4 is 0 Å². The summed E-state index contributed by atoms with van der Waals surface area (Å²) in [5.41, 5.74) is 0.940. The maximum atomic E-state index is 9.04. The fourth-order valence-electron chi connectivity index (χ4n) is 0.863. The SMILES string of the molecule is C=CCc1ccc(O)c(O)c1.CC(=O)O. The third-order valence-electron chi connectivity index (χ3n) is 1.42. The summed E-state index contributed by atoms with van der Waals surface area (Å²) in [5, 5.41) is 25.4. The number of carboxylic acids is 1. The van der Waals surface area contributed by atoms with E-state index in [1.807, 2.05) is 0 Å². The van der Waals surface area contributed by atoms with Crippen molar-refractivity contribution in [3.8, 4) is 11.5 Å². The van der Waals surface area contributed by atoms with Crippen molar-refractivity contribution >= 4 is 5.97 Å². The molecule has 1 aromatic rings. The van der Waals surface area contributed by atoms with Crippen LogP contribution in [0.2, 0.25) is 0 Å². The first-order valence-electron chi connectivity index (χ1n) is 4.28. The van der Waals surface area contributed by atoms with Gasteiger partial charge in [-0.15, -0.1) is 6.58 Å². The van der Waals surface area contributed by atoms with Gasteiger partial charge in [0.1, 0.15) is 0 Å². The first-order valence-corrected chi connectivity index (χ1v) is 4.28. The molecule has 0 aliphatic carbocycles. The van der Waals surface area contributed by atoms with Crippen molar-refractivity contribution in [2.75, 3.05) is 0 Å². The van der Waals surface area contributed by atoms with Crippen molar-refractivity contribution in [2.45, 2.75) is 13.3 Å². The molecule has 0 fully saturated rings. The zero-order valence-electron chi connectivity index (χ0n) is 8.47. The van der Waals surface area contributed by atoms with Gasteiger partial charge in [0.2, 0.25) is 0 Å². The molecule has 0 amide bonds. The molecule has 1 aromatic carbocycles. The van der Waals surface area contributed by atoms with E-state index in [4.69, 9.17) is 20.1 Å². The van der Waals surface area contributed by atoms with Crippen LogP contribution in [0.3, 0.4) is 0 Å². The number of phenolic OH excluding ortho intramolecular Hbond substituents is 2. The van der Waals surface area contributed by atoms with Crippen LogP contribution in [-0.4, -0.2) is 21.3 Å². The standard InChI is InChI=1S/C9H10O2.C2H4O2/c1-2-3-7-4-5-8(10)9(11)6-7;1-2(3)4/h2,4-6,10-11H,1,3H2;1H3,(H,3,4). The minimum Gasteiger partial charge on any atom is -0.504 e. The second-order valence-electron chi connectivity index (χ2n) is 2.83. The number of hydrogen-bond donors (Lipinski definition) is 3. The van der Waals surface area contributed by atoms with Gasteiger partial charge in [-0.25, -0.2) is 0 Å². The van der Waals surface area contributed by atoms with E-state index in [2.05, 4.69) is 6.58 Å². The van der Waals surface area contributed by atoms with Gasteiger partial charge in [-0.2, -0.15) is 0 Å². The fraction of sp³-hybridized carbons (Fsp3) is 0.182. The minimum atomic E-state index is -0.833. The first-order chi connectivity index (χ1) is 6.97. The van der Waals surface area contributed by atoms with Gasteiger partial charge in [0.25, 0.3) is 5.97 Å². The molecule has 0 aliphatic heterocycles. The Kier molecular flexibility index (Phi) is 5.63. The highest BCUT2D eigenvalue weighted by Crippen LogP contribution is 2.24. The average Bonchev–Trinajstić information content (AvgIpc) is 2.11. The lowest BCUT2D eigenvalue weighted by Gasteiger charge is -1.99. The average molecular weight is 210 g/mol. The molecule has 0 saturated carbocycles. The zero-order chi connectivity index (χ0) is 11.8. The number of phenols is 2. The maximum absolute atomic E-state index is 9.04. The predicted molar refractivity (Wildman–Crippen MR) is 57.0 cm³/mol. The lowest BCUT2D eigenvalue weighted by atomic mass is 10.1. The van der Waals surface area contributed by atoms with Gasteiger partial charge < -0.3 is 15.3 Å². The molecule has 0 aromatic heterocycles. The maximum Gasteiger partial charge on any atom is 0.300 e. The summed E-state index contributed by atoms with van der Waals surface area (Å²) in [6.45, 7) is 4.65. The second-order valence-corrected chi connectivity index (χ2v) is 2.83. The van der Waals surface area contributed by atoms with Gasteiger partial charge in [0, 0.05) is 6.92 Å². The Morgan fingerprint density at radius 3 is 2.33 bits per heavy atom. The summed E-state index contributed by atoms with van der Waals surface area (Å²) in [5.74, 6) is -0.998. The van der Waals surface area contributed by atoms with E-state index in [1.54, 1.807) is 12.1 Å². The third kappa shape index (κ3) is 6.15. The number of carbonyl (C=O) groups is 1. The summed E-state index contributed by atoms with van der Waals surface area (Å²) in [7, 11) is 0. The molecule has 0 unspecified atom stereocenters. The Bertz CT molecular complexity index is 340. The van der Waals surface area contributed by atoms with E-state index < -0.39 is 5.97 Å². The Morgan fingerprint density at radius 2 is 1.93 bits per heavy atom. The van der Waals surface area contributed by atoms with Crippen molar-refractivity contribution in [2.24, 2.45) is 0 Å². The fourth-order valence-corrected chi connectivity index (χ4v) is 0.863. The van der Waals surface area contributed by atoms with Crippen molar-refractivity contribution in [1.82, 2.24) is 0 Å². The third-order valence-corrected chi connectivity index (χ3v) is 1.42. The summed E-state index contributed by atoms with van der Waals surface area (Å²) < 4.78 is 0. The highest BCUT2D eigenvalue weighted by atomic mass is 16.4. The molecule has 0 heterocycles. The molecule has 0 saturated heterocycles. The van der Waals surface area contributed by atoms with Crippen molar-refractivity contribution < 1.29 is 20.1 Å². The lowest BCUT2D eigenvalue weighted by molar-refractivity contribution is -0.134.